The molecule has 0 aromatic heterocycles. The standard InChI is InChI=1S/C29H32N4O4/c1-29(2,3)32-26(34)25(21-14-8-5-9-15-21)33-24-17-11-10-16-22(24)30-18-23(27(33)35)31-28(36)37-19-20-12-6-4-7-13-20/h4-17,23,25,30H,18-19H2,1-3H3,(H,31,36)(H,32,34)/t23-,25?/m0/s1. The van der Waals surface area contributed by atoms with Gasteiger partial charge in [0.1, 0.15) is 18.7 Å². The third-order valence-electron chi connectivity index (χ3n) is 5.82. The molecule has 3 amide bonds. The van der Waals surface area contributed by atoms with E-state index in [9.17, 15) is 14.4 Å². The molecule has 0 saturated carbocycles. The summed E-state index contributed by atoms with van der Waals surface area (Å²) < 4.78 is 5.36. The van der Waals surface area contributed by atoms with Crippen LogP contribution in [0.3, 0.4) is 0 Å². The Morgan fingerprint density at radius 3 is 2.27 bits per heavy atom. The van der Waals surface area contributed by atoms with E-state index in [1.54, 1.807) is 6.07 Å². The molecule has 0 fully saturated rings. The molecule has 3 aromatic rings. The molecular weight excluding hydrogens is 468 g/mol. The Labute approximate surface area is 217 Å². The van der Waals surface area contributed by atoms with Gasteiger partial charge in [-0.25, -0.2) is 4.79 Å². The van der Waals surface area contributed by atoms with Crippen molar-refractivity contribution < 1.29 is 19.1 Å². The first-order chi connectivity index (χ1) is 17.7. The molecule has 0 saturated heterocycles. The molecule has 37 heavy (non-hydrogen) atoms. The van der Waals surface area contributed by atoms with Crippen LogP contribution in [0, 0.1) is 0 Å². The van der Waals surface area contributed by atoms with Crippen molar-refractivity contribution in [3.05, 3.63) is 96.1 Å². The number of anilines is 2. The fraction of sp³-hybridized carbons (Fsp3) is 0.276. The highest BCUT2D eigenvalue weighted by Crippen LogP contribution is 2.36. The summed E-state index contributed by atoms with van der Waals surface area (Å²) in [6, 6.07) is 23.8. The van der Waals surface area contributed by atoms with Crippen molar-refractivity contribution >= 4 is 29.3 Å². The lowest BCUT2D eigenvalue weighted by atomic mass is 10.00. The molecule has 0 bridgehead atoms. The van der Waals surface area contributed by atoms with Gasteiger partial charge >= 0.3 is 6.09 Å². The number of nitrogens with one attached hydrogen (secondary N) is 3. The molecule has 0 radical (unpaired) electrons. The zero-order valence-corrected chi connectivity index (χ0v) is 21.2. The highest BCUT2D eigenvalue weighted by Gasteiger charge is 2.40. The number of amides is 3. The van der Waals surface area contributed by atoms with Gasteiger partial charge in [0.15, 0.2) is 0 Å². The minimum atomic E-state index is -0.968. The van der Waals surface area contributed by atoms with Crippen LogP contribution in [0.4, 0.5) is 16.2 Å². The highest BCUT2D eigenvalue weighted by atomic mass is 16.5. The molecule has 8 nitrogen and oxygen atoms in total. The van der Waals surface area contributed by atoms with Crippen LogP contribution in [0.1, 0.15) is 37.9 Å². The van der Waals surface area contributed by atoms with Crippen LogP contribution in [0.15, 0.2) is 84.9 Å². The van der Waals surface area contributed by atoms with Crippen molar-refractivity contribution in [2.45, 2.75) is 45.0 Å². The van der Waals surface area contributed by atoms with Gasteiger partial charge < -0.3 is 20.7 Å². The van der Waals surface area contributed by atoms with E-state index >= 15 is 0 Å². The second kappa shape index (κ2) is 11.2. The van der Waals surface area contributed by atoms with E-state index in [1.807, 2.05) is 99.6 Å². The summed E-state index contributed by atoms with van der Waals surface area (Å²) in [5.41, 5.74) is 2.20. The summed E-state index contributed by atoms with van der Waals surface area (Å²) in [5, 5.41) is 8.95. The van der Waals surface area contributed by atoms with Crippen LogP contribution in [0.2, 0.25) is 0 Å². The molecule has 0 spiro atoms. The molecule has 192 valence electrons. The fourth-order valence-electron chi connectivity index (χ4n) is 4.20. The molecule has 3 aromatic carbocycles. The summed E-state index contributed by atoms with van der Waals surface area (Å²) in [6.45, 7) is 5.88. The van der Waals surface area contributed by atoms with E-state index in [0.717, 1.165) is 5.56 Å². The molecule has 4 rings (SSSR count). The van der Waals surface area contributed by atoms with Crippen LogP contribution < -0.4 is 20.9 Å². The summed E-state index contributed by atoms with van der Waals surface area (Å²) >= 11 is 0. The van der Waals surface area contributed by atoms with Gasteiger partial charge in [0.2, 0.25) is 5.91 Å². The quantitative estimate of drug-likeness (QED) is 0.466. The van der Waals surface area contributed by atoms with Crippen LogP contribution in [-0.4, -0.2) is 36.0 Å². The molecular formula is C29H32N4O4. The second-order valence-electron chi connectivity index (χ2n) is 9.92. The molecule has 1 aliphatic heterocycles. The number of para-hydroxylation sites is 2. The van der Waals surface area contributed by atoms with E-state index in [1.165, 1.54) is 4.90 Å². The van der Waals surface area contributed by atoms with Gasteiger partial charge in [0.25, 0.3) is 5.91 Å². The van der Waals surface area contributed by atoms with E-state index in [2.05, 4.69) is 16.0 Å². The minimum Gasteiger partial charge on any atom is -0.445 e. The lowest BCUT2D eigenvalue weighted by molar-refractivity contribution is -0.128. The zero-order chi connectivity index (χ0) is 26.4. The first-order valence-electron chi connectivity index (χ1n) is 12.2. The number of hydrogen-bond acceptors (Lipinski definition) is 5. The Bertz CT molecular complexity index is 1240. The second-order valence-corrected chi connectivity index (χ2v) is 9.92. The smallest absolute Gasteiger partial charge is 0.408 e. The zero-order valence-electron chi connectivity index (χ0n) is 21.2. The van der Waals surface area contributed by atoms with Gasteiger partial charge in [-0.3, -0.25) is 14.5 Å². The lowest BCUT2D eigenvalue weighted by Crippen LogP contribution is -2.55. The predicted molar refractivity (Wildman–Crippen MR) is 143 cm³/mol. The highest BCUT2D eigenvalue weighted by molar-refractivity contribution is 6.07. The summed E-state index contributed by atoms with van der Waals surface area (Å²) in [4.78, 5) is 41.9. The molecule has 0 aliphatic carbocycles. The average Bonchev–Trinajstić information content (AvgIpc) is 3.00. The minimum absolute atomic E-state index is 0.0750. The SMILES string of the molecule is CC(C)(C)NC(=O)C(c1ccccc1)N1C(=O)[C@@H](NC(=O)OCc2ccccc2)CNc2ccccc21. The summed E-state index contributed by atoms with van der Waals surface area (Å²) in [7, 11) is 0. The molecule has 3 N–H and O–H groups in total. The Morgan fingerprint density at radius 2 is 1.59 bits per heavy atom. The maximum atomic E-state index is 14.0. The number of carbonyl (C=O) groups is 3. The normalized spacial score (nSPS) is 16.0. The average molecular weight is 501 g/mol. The van der Waals surface area contributed by atoms with Crippen LogP contribution in [0.5, 0.6) is 0 Å². The van der Waals surface area contributed by atoms with E-state index < -0.39 is 29.6 Å². The van der Waals surface area contributed by atoms with Crippen molar-refractivity contribution in [1.29, 1.82) is 0 Å². The number of rotatable bonds is 6. The molecule has 1 unspecified atom stereocenters. The lowest BCUT2D eigenvalue weighted by Gasteiger charge is -2.34. The van der Waals surface area contributed by atoms with Crippen molar-refractivity contribution in [2.75, 3.05) is 16.8 Å². The Hall–Kier alpha value is -4.33. The third kappa shape index (κ3) is 6.46. The van der Waals surface area contributed by atoms with Crippen LogP contribution in [-0.2, 0) is 20.9 Å². The monoisotopic (exact) mass is 500 g/mol. The number of ether oxygens (including phenoxy) is 1. The van der Waals surface area contributed by atoms with E-state index in [-0.39, 0.29) is 19.1 Å². The topological polar surface area (TPSA) is 99.8 Å². The Kier molecular flexibility index (Phi) is 7.77. The van der Waals surface area contributed by atoms with E-state index in [4.69, 9.17) is 4.74 Å². The first kappa shape index (κ1) is 25.8. The van der Waals surface area contributed by atoms with Crippen molar-refractivity contribution in [1.82, 2.24) is 10.6 Å². The van der Waals surface area contributed by atoms with Crippen molar-refractivity contribution in [2.24, 2.45) is 0 Å². The van der Waals surface area contributed by atoms with Gasteiger partial charge in [-0.15, -0.1) is 0 Å². The number of alkyl carbamates (subject to hydrolysis) is 1. The molecule has 8 heteroatoms. The number of benzene rings is 3. The Morgan fingerprint density at radius 1 is 0.973 bits per heavy atom. The van der Waals surface area contributed by atoms with Crippen LogP contribution >= 0.6 is 0 Å². The van der Waals surface area contributed by atoms with Crippen LogP contribution in [0.25, 0.3) is 0 Å². The van der Waals surface area contributed by atoms with E-state index in [0.29, 0.717) is 16.9 Å². The summed E-state index contributed by atoms with van der Waals surface area (Å²) in [6.07, 6.45) is -0.717. The van der Waals surface area contributed by atoms with Gasteiger partial charge in [-0.1, -0.05) is 72.8 Å². The van der Waals surface area contributed by atoms with Crippen molar-refractivity contribution in [3.8, 4) is 0 Å². The van der Waals surface area contributed by atoms with Gasteiger partial charge in [-0.2, -0.15) is 0 Å². The Balaban J connectivity index is 1.66. The summed E-state index contributed by atoms with van der Waals surface area (Å²) in [5.74, 6) is -0.749. The van der Waals surface area contributed by atoms with Gasteiger partial charge in [0, 0.05) is 12.1 Å². The number of fused-ring (bicyclic) bond motifs is 1. The molecule has 1 aliphatic rings. The third-order valence-corrected chi connectivity index (χ3v) is 5.82. The predicted octanol–water partition coefficient (Wildman–Crippen LogP) is 4.40. The van der Waals surface area contributed by atoms with Gasteiger partial charge in [-0.05, 0) is 44.0 Å². The molecule has 2 atom stereocenters. The largest absolute Gasteiger partial charge is 0.445 e. The molecule has 1 heterocycles. The number of hydrogen-bond donors (Lipinski definition) is 3. The first-order valence-corrected chi connectivity index (χ1v) is 12.2. The fourth-order valence-corrected chi connectivity index (χ4v) is 4.20. The maximum absolute atomic E-state index is 14.0. The van der Waals surface area contributed by atoms with Gasteiger partial charge in [0.05, 0.1) is 11.4 Å². The number of nitrogens with zero attached hydrogens (tertiary/aromatic N) is 1. The maximum Gasteiger partial charge on any atom is 0.408 e. The van der Waals surface area contributed by atoms with Crippen molar-refractivity contribution in [3.63, 3.8) is 0 Å². The number of carbonyl (C=O) groups excluding carboxylic acids is 3.